The average Bonchev–Trinajstić information content (AvgIpc) is 2.35. The normalized spacial score (nSPS) is 10.2. The summed E-state index contributed by atoms with van der Waals surface area (Å²) in [7, 11) is 7.25. The van der Waals surface area contributed by atoms with Gasteiger partial charge in [0, 0.05) is 34.8 Å². The zero-order chi connectivity index (χ0) is 12.8. The van der Waals surface area contributed by atoms with Crippen LogP contribution in [-0.2, 0) is 4.74 Å². The van der Waals surface area contributed by atoms with Crippen LogP contribution in [0.5, 0.6) is 0 Å². The largest absolute Gasteiger partial charge is 0.383 e. The third-order valence-electron chi connectivity index (χ3n) is 2.11. The van der Waals surface area contributed by atoms with Crippen molar-refractivity contribution < 1.29 is 4.74 Å². The molecule has 8 heteroatoms. The summed E-state index contributed by atoms with van der Waals surface area (Å²) in [5.41, 5.74) is 2.43. The van der Waals surface area contributed by atoms with Crippen LogP contribution in [0.4, 0.5) is 17.8 Å². The van der Waals surface area contributed by atoms with E-state index in [1.165, 1.54) is 0 Å². The van der Waals surface area contributed by atoms with Crippen molar-refractivity contribution >= 4 is 17.8 Å². The van der Waals surface area contributed by atoms with Gasteiger partial charge >= 0.3 is 0 Å². The first-order chi connectivity index (χ1) is 8.08. The van der Waals surface area contributed by atoms with E-state index < -0.39 is 0 Å². The van der Waals surface area contributed by atoms with Gasteiger partial charge < -0.3 is 14.5 Å². The molecule has 0 fully saturated rings. The molecule has 0 bridgehead atoms. The van der Waals surface area contributed by atoms with Crippen molar-refractivity contribution in [1.82, 2.24) is 15.0 Å². The first-order valence-corrected chi connectivity index (χ1v) is 5.18. The molecule has 1 rings (SSSR count). The van der Waals surface area contributed by atoms with Crippen molar-refractivity contribution in [2.24, 2.45) is 5.84 Å². The van der Waals surface area contributed by atoms with Gasteiger partial charge in [0.05, 0.1) is 6.61 Å². The van der Waals surface area contributed by atoms with E-state index in [1.54, 1.807) is 12.0 Å². The van der Waals surface area contributed by atoms with Gasteiger partial charge in [0.1, 0.15) is 0 Å². The summed E-state index contributed by atoms with van der Waals surface area (Å²) < 4.78 is 5.00. The predicted octanol–water partition coefficient (Wildman–Crippen LogP) is -0.694. The fourth-order valence-electron chi connectivity index (χ4n) is 1.12. The van der Waals surface area contributed by atoms with Crippen molar-refractivity contribution in [3.63, 3.8) is 0 Å². The summed E-state index contributed by atoms with van der Waals surface area (Å²) in [6, 6.07) is 0. The summed E-state index contributed by atoms with van der Waals surface area (Å²) >= 11 is 0. The number of nitrogens with two attached hydrogens (primary N) is 1. The van der Waals surface area contributed by atoms with Gasteiger partial charge in [-0.15, -0.1) is 0 Å². The number of rotatable bonds is 6. The third kappa shape index (κ3) is 3.68. The van der Waals surface area contributed by atoms with Crippen LogP contribution in [-0.4, -0.2) is 56.4 Å². The SMILES string of the molecule is COCCN(C)c1nc(NN)nc(N(C)C)n1. The second-order valence-electron chi connectivity index (χ2n) is 3.71. The molecular weight excluding hydrogens is 222 g/mol. The second kappa shape index (κ2) is 6.16. The predicted molar refractivity (Wildman–Crippen MR) is 67.1 cm³/mol. The Balaban J connectivity index is 2.93. The molecule has 3 N–H and O–H groups in total. The summed E-state index contributed by atoms with van der Waals surface area (Å²) in [5, 5.41) is 0. The molecule has 0 saturated carbocycles. The van der Waals surface area contributed by atoms with Crippen LogP contribution in [0.2, 0.25) is 0 Å². The van der Waals surface area contributed by atoms with Gasteiger partial charge in [-0.3, -0.25) is 5.43 Å². The highest BCUT2D eigenvalue weighted by Gasteiger charge is 2.10. The molecule has 0 amide bonds. The molecule has 1 heterocycles. The van der Waals surface area contributed by atoms with Crippen molar-refractivity contribution in [3.8, 4) is 0 Å². The van der Waals surface area contributed by atoms with Crippen LogP contribution in [0.1, 0.15) is 0 Å². The molecular formula is C9H19N7O. The Morgan fingerprint density at radius 2 is 1.82 bits per heavy atom. The lowest BCUT2D eigenvalue weighted by Crippen LogP contribution is -2.26. The van der Waals surface area contributed by atoms with Gasteiger partial charge in [-0.25, -0.2) is 5.84 Å². The van der Waals surface area contributed by atoms with Crippen molar-refractivity contribution in [1.29, 1.82) is 0 Å². The number of hydrogen-bond donors (Lipinski definition) is 2. The van der Waals surface area contributed by atoms with E-state index in [1.807, 2.05) is 26.0 Å². The molecule has 0 aliphatic carbocycles. The Morgan fingerprint density at radius 3 is 2.35 bits per heavy atom. The first-order valence-electron chi connectivity index (χ1n) is 5.18. The molecule has 0 aromatic carbocycles. The summed E-state index contributed by atoms with van der Waals surface area (Å²) in [6.07, 6.45) is 0. The molecule has 0 unspecified atom stereocenters. The lowest BCUT2D eigenvalue weighted by molar-refractivity contribution is 0.206. The van der Waals surface area contributed by atoms with Crippen LogP contribution < -0.4 is 21.1 Å². The van der Waals surface area contributed by atoms with Gasteiger partial charge in [0.25, 0.3) is 0 Å². The Labute approximate surface area is 101 Å². The number of anilines is 3. The number of aromatic nitrogens is 3. The molecule has 96 valence electrons. The van der Waals surface area contributed by atoms with E-state index >= 15 is 0 Å². The highest BCUT2D eigenvalue weighted by Crippen LogP contribution is 2.13. The number of hydrogen-bond acceptors (Lipinski definition) is 8. The molecule has 1 aromatic heterocycles. The molecule has 1 aromatic rings. The maximum atomic E-state index is 5.32. The smallest absolute Gasteiger partial charge is 0.243 e. The lowest BCUT2D eigenvalue weighted by Gasteiger charge is -2.19. The van der Waals surface area contributed by atoms with Crippen LogP contribution in [0.3, 0.4) is 0 Å². The first kappa shape index (κ1) is 13.4. The average molecular weight is 241 g/mol. The van der Waals surface area contributed by atoms with E-state index in [9.17, 15) is 0 Å². The highest BCUT2D eigenvalue weighted by molar-refractivity contribution is 5.43. The van der Waals surface area contributed by atoms with Crippen molar-refractivity contribution in [3.05, 3.63) is 0 Å². The van der Waals surface area contributed by atoms with Gasteiger partial charge in [-0.05, 0) is 0 Å². The quantitative estimate of drug-likeness (QED) is 0.499. The highest BCUT2D eigenvalue weighted by atomic mass is 16.5. The number of hydrazine groups is 1. The minimum absolute atomic E-state index is 0.336. The number of nitrogen functional groups attached to an aromatic ring is 1. The minimum atomic E-state index is 0.336. The number of nitrogens with zero attached hydrogens (tertiary/aromatic N) is 5. The van der Waals surface area contributed by atoms with Gasteiger partial charge in [-0.1, -0.05) is 0 Å². The van der Waals surface area contributed by atoms with Crippen LogP contribution in [0.15, 0.2) is 0 Å². The lowest BCUT2D eigenvalue weighted by atomic mass is 10.6. The monoisotopic (exact) mass is 241 g/mol. The van der Waals surface area contributed by atoms with E-state index in [4.69, 9.17) is 10.6 Å². The van der Waals surface area contributed by atoms with Gasteiger partial charge in [0.2, 0.25) is 17.8 Å². The van der Waals surface area contributed by atoms with Crippen LogP contribution >= 0.6 is 0 Å². The van der Waals surface area contributed by atoms with Gasteiger partial charge in [-0.2, -0.15) is 15.0 Å². The van der Waals surface area contributed by atoms with Gasteiger partial charge in [0.15, 0.2) is 0 Å². The molecule has 0 aliphatic rings. The zero-order valence-electron chi connectivity index (χ0n) is 10.6. The molecule has 17 heavy (non-hydrogen) atoms. The Morgan fingerprint density at radius 1 is 1.18 bits per heavy atom. The van der Waals surface area contributed by atoms with E-state index in [0.717, 1.165) is 0 Å². The maximum absolute atomic E-state index is 5.32. The second-order valence-corrected chi connectivity index (χ2v) is 3.71. The molecule has 0 spiro atoms. The minimum Gasteiger partial charge on any atom is -0.383 e. The molecule has 0 radical (unpaired) electrons. The number of likely N-dealkylation sites (N-methyl/N-ethyl adjacent to an activating group) is 1. The van der Waals surface area contributed by atoms with E-state index in [-0.39, 0.29) is 0 Å². The fraction of sp³-hybridized carbons (Fsp3) is 0.667. The van der Waals surface area contributed by atoms with Crippen LogP contribution in [0.25, 0.3) is 0 Å². The Hall–Kier alpha value is -1.67. The van der Waals surface area contributed by atoms with Crippen LogP contribution in [0, 0.1) is 0 Å². The van der Waals surface area contributed by atoms with E-state index in [2.05, 4.69) is 20.4 Å². The Kier molecular flexibility index (Phi) is 4.85. The topological polar surface area (TPSA) is 92.4 Å². The molecule has 0 aliphatic heterocycles. The Bertz CT molecular complexity index is 357. The molecule has 0 saturated heterocycles. The molecule has 0 atom stereocenters. The number of nitrogens with one attached hydrogen (secondary N) is 1. The van der Waals surface area contributed by atoms with E-state index in [0.29, 0.717) is 31.0 Å². The molecule has 8 nitrogen and oxygen atoms in total. The van der Waals surface area contributed by atoms with Crippen molar-refractivity contribution in [2.75, 3.05) is 56.6 Å². The summed E-state index contributed by atoms with van der Waals surface area (Å²) in [5.74, 6) is 6.76. The summed E-state index contributed by atoms with van der Waals surface area (Å²) in [6.45, 7) is 1.29. The summed E-state index contributed by atoms with van der Waals surface area (Å²) in [4.78, 5) is 16.3. The standard InChI is InChI=1S/C9H19N7O/c1-15(2)8-11-7(14-10)12-9(13-8)16(3)5-6-17-4/h5-6,10H2,1-4H3,(H,11,12,13,14). The van der Waals surface area contributed by atoms with Crippen molar-refractivity contribution in [2.45, 2.75) is 0 Å². The maximum Gasteiger partial charge on any atom is 0.243 e. The number of ether oxygens (including phenoxy) is 1. The number of methoxy groups -OCH3 is 1. The fourth-order valence-corrected chi connectivity index (χ4v) is 1.12. The third-order valence-corrected chi connectivity index (χ3v) is 2.11. The zero-order valence-corrected chi connectivity index (χ0v) is 10.6.